The predicted molar refractivity (Wildman–Crippen MR) is 99.0 cm³/mol. The lowest BCUT2D eigenvalue weighted by atomic mass is 9.99. The molecule has 0 radical (unpaired) electrons. The summed E-state index contributed by atoms with van der Waals surface area (Å²) in [6.07, 6.45) is 5.61. The SMILES string of the molecule is Cc1cc(C)c(C(=O)NCCCc2cnc3cc(C)nn3c2)c(C)c1. The van der Waals surface area contributed by atoms with Crippen molar-refractivity contribution in [2.45, 2.75) is 40.5 Å². The van der Waals surface area contributed by atoms with E-state index >= 15 is 0 Å². The molecule has 0 fully saturated rings. The number of aromatic nitrogens is 3. The van der Waals surface area contributed by atoms with E-state index in [-0.39, 0.29) is 5.91 Å². The van der Waals surface area contributed by atoms with Gasteiger partial charge in [-0.25, -0.2) is 9.50 Å². The molecule has 1 N–H and O–H groups in total. The van der Waals surface area contributed by atoms with Crippen LogP contribution in [0.15, 0.2) is 30.6 Å². The molecule has 130 valence electrons. The highest BCUT2D eigenvalue weighted by Gasteiger charge is 2.12. The van der Waals surface area contributed by atoms with Gasteiger partial charge in [-0.1, -0.05) is 17.7 Å². The second-order valence-electron chi connectivity index (χ2n) is 6.68. The van der Waals surface area contributed by atoms with Crippen molar-refractivity contribution in [3.63, 3.8) is 0 Å². The average molecular weight is 336 g/mol. The molecule has 0 atom stereocenters. The van der Waals surface area contributed by atoms with Gasteiger partial charge >= 0.3 is 0 Å². The number of benzene rings is 1. The van der Waals surface area contributed by atoms with E-state index in [0.717, 1.165) is 46.4 Å². The van der Waals surface area contributed by atoms with Crippen molar-refractivity contribution < 1.29 is 4.79 Å². The first-order valence-corrected chi connectivity index (χ1v) is 8.61. The fourth-order valence-electron chi connectivity index (χ4n) is 3.28. The quantitative estimate of drug-likeness (QED) is 0.727. The van der Waals surface area contributed by atoms with Gasteiger partial charge in [0.05, 0.1) is 5.69 Å². The molecule has 0 aliphatic rings. The van der Waals surface area contributed by atoms with Gasteiger partial charge in [0.25, 0.3) is 5.91 Å². The number of hydrogen-bond acceptors (Lipinski definition) is 3. The standard InChI is InChI=1S/C20H24N4O/c1-13-8-14(2)19(15(3)9-13)20(25)21-7-5-6-17-11-22-18-10-16(4)23-24(18)12-17/h8-12H,5-7H2,1-4H3,(H,21,25). The highest BCUT2D eigenvalue weighted by Crippen LogP contribution is 2.16. The van der Waals surface area contributed by atoms with Crippen LogP contribution in [0, 0.1) is 27.7 Å². The highest BCUT2D eigenvalue weighted by atomic mass is 16.1. The lowest BCUT2D eigenvalue weighted by Gasteiger charge is -2.11. The molecule has 0 bridgehead atoms. The molecule has 1 amide bonds. The Balaban J connectivity index is 1.56. The molecule has 5 nitrogen and oxygen atoms in total. The Hall–Kier alpha value is -2.69. The molecule has 3 aromatic rings. The van der Waals surface area contributed by atoms with Gasteiger partial charge in [-0.15, -0.1) is 0 Å². The maximum Gasteiger partial charge on any atom is 0.251 e. The number of fused-ring (bicyclic) bond motifs is 1. The van der Waals surface area contributed by atoms with Crippen molar-refractivity contribution in [3.05, 3.63) is 64.1 Å². The maximum atomic E-state index is 12.4. The zero-order valence-electron chi connectivity index (χ0n) is 15.3. The van der Waals surface area contributed by atoms with Gasteiger partial charge in [-0.05, 0) is 57.2 Å². The number of hydrogen-bond donors (Lipinski definition) is 1. The van der Waals surface area contributed by atoms with Crippen LogP contribution in [0.3, 0.4) is 0 Å². The van der Waals surface area contributed by atoms with Crippen LogP contribution in [-0.4, -0.2) is 27.0 Å². The van der Waals surface area contributed by atoms with E-state index in [1.807, 2.05) is 50.7 Å². The van der Waals surface area contributed by atoms with Gasteiger partial charge in [0.15, 0.2) is 5.65 Å². The molecule has 2 heterocycles. The van der Waals surface area contributed by atoms with Gasteiger partial charge in [0.2, 0.25) is 0 Å². The number of nitrogens with one attached hydrogen (secondary N) is 1. The summed E-state index contributed by atoms with van der Waals surface area (Å²) in [5.41, 5.74) is 6.97. The van der Waals surface area contributed by atoms with Gasteiger partial charge < -0.3 is 5.32 Å². The van der Waals surface area contributed by atoms with E-state index in [9.17, 15) is 4.79 Å². The lowest BCUT2D eigenvalue weighted by molar-refractivity contribution is 0.0952. The minimum Gasteiger partial charge on any atom is -0.352 e. The Morgan fingerprint density at radius 2 is 1.84 bits per heavy atom. The minimum absolute atomic E-state index is 0.00581. The van der Waals surface area contributed by atoms with Crippen LogP contribution in [0.2, 0.25) is 0 Å². The molecule has 0 unspecified atom stereocenters. The van der Waals surface area contributed by atoms with Crippen molar-refractivity contribution in [2.24, 2.45) is 0 Å². The third-order valence-electron chi connectivity index (χ3n) is 4.32. The maximum absolute atomic E-state index is 12.4. The Morgan fingerprint density at radius 1 is 1.12 bits per heavy atom. The first-order valence-electron chi connectivity index (χ1n) is 8.61. The van der Waals surface area contributed by atoms with Crippen molar-refractivity contribution >= 4 is 11.6 Å². The summed E-state index contributed by atoms with van der Waals surface area (Å²) in [6.45, 7) is 8.62. The number of carbonyl (C=O) groups excluding carboxylic acids is 1. The summed E-state index contributed by atoms with van der Waals surface area (Å²) >= 11 is 0. The van der Waals surface area contributed by atoms with Crippen molar-refractivity contribution in [3.8, 4) is 0 Å². The molecule has 0 saturated heterocycles. The van der Waals surface area contributed by atoms with Crippen LogP contribution in [0.1, 0.15) is 44.7 Å². The normalized spacial score (nSPS) is 11.0. The number of rotatable bonds is 5. The van der Waals surface area contributed by atoms with Gasteiger partial charge in [0, 0.05) is 30.6 Å². The summed E-state index contributed by atoms with van der Waals surface area (Å²) in [6, 6.07) is 6.06. The number of amides is 1. The Bertz CT molecular complexity index is 904. The first kappa shape index (κ1) is 17.1. The number of aryl methyl sites for hydroxylation is 5. The first-order chi connectivity index (χ1) is 11.9. The summed E-state index contributed by atoms with van der Waals surface area (Å²) in [5.74, 6) is 0.00581. The van der Waals surface area contributed by atoms with Crippen LogP contribution in [0.5, 0.6) is 0 Å². The van der Waals surface area contributed by atoms with Crippen molar-refractivity contribution in [1.82, 2.24) is 19.9 Å². The molecule has 25 heavy (non-hydrogen) atoms. The third-order valence-corrected chi connectivity index (χ3v) is 4.32. The molecule has 0 spiro atoms. The van der Waals surface area contributed by atoms with Gasteiger partial charge in [0.1, 0.15) is 0 Å². The molecule has 0 saturated carbocycles. The van der Waals surface area contributed by atoms with E-state index in [0.29, 0.717) is 6.54 Å². The molecule has 2 aromatic heterocycles. The number of carbonyl (C=O) groups is 1. The average Bonchev–Trinajstić information content (AvgIpc) is 2.89. The van der Waals surface area contributed by atoms with Crippen LogP contribution >= 0.6 is 0 Å². The summed E-state index contributed by atoms with van der Waals surface area (Å²) in [5, 5.41) is 7.41. The predicted octanol–water partition coefficient (Wildman–Crippen LogP) is 3.33. The van der Waals surface area contributed by atoms with E-state index in [1.54, 1.807) is 0 Å². The summed E-state index contributed by atoms with van der Waals surface area (Å²) in [7, 11) is 0. The molecule has 1 aromatic carbocycles. The zero-order chi connectivity index (χ0) is 18.0. The minimum atomic E-state index is 0.00581. The van der Waals surface area contributed by atoms with Crippen molar-refractivity contribution in [2.75, 3.05) is 6.54 Å². The van der Waals surface area contributed by atoms with Gasteiger partial charge in [-0.2, -0.15) is 5.10 Å². The smallest absolute Gasteiger partial charge is 0.251 e. The Labute approximate surface area is 148 Å². The molecule has 0 aliphatic heterocycles. The second-order valence-corrected chi connectivity index (χ2v) is 6.68. The topological polar surface area (TPSA) is 59.3 Å². The Morgan fingerprint density at radius 3 is 2.56 bits per heavy atom. The third kappa shape index (κ3) is 3.87. The van der Waals surface area contributed by atoms with E-state index < -0.39 is 0 Å². The second kappa shape index (κ2) is 7.05. The van der Waals surface area contributed by atoms with Crippen LogP contribution < -0.4 is 5.32 Å². The van der Waals surface area contributed by atoms with E-state index in [1.165, 1.54) is 5.56 Å². The molecular weight excluding hydrogens is 312 g/mol. The monoisotopic (exact) mass is 336 g/mol. The lowest BCUT2D eigenvalue weighted by Crippen LogP contribution is -2.26. The van der Waals surface area contributed by atoms with Gasteiger partial charge in [-0.3, -0.25) is 4.79 Å². The molecule has 0 aliphatic carbocycles. The summed E-state index contributed by atoms with van der Waals surface area (Å²) in [4.78, 5) is 16.9. The fraction of sp³-hybridized carbons (Fsp3) is 0.350. The molecular formula is C20H24N4O. The highest BCUT2D eigenvalue weighted by molar-refractivity contribution is 5.97. The largest absolute Gasteiger partial charge is 0.352 e. The van der Waals surface area contributed by atoms with E-state index in [4.69, 9.17) is 0 Å². The molecule has 3 rings (SSSR count). The van der Waals surface area contributed by atoms with Crippen LogP contribution in [0.25, 0.3) is 5.65 Å². The van der Waals surface area contributed by atoms with Crippen LogP contribution in [0.4, 0.5) is 0 Å². The number of nitrogens with zero attached hydrogens (tertiary/aromatic N) is 3. The summed E-state index contributed by atoms with van der Waals surface area (Å²) < 4.78 is 1.81. The zero-order valence-corrected chi connectivity index (χ0v) is 15.3. The van der Waals surface area contributed by atoms with E-state index in [2.05, 4.69) is 27.5 Å². The fourth-order valence-corrected chi connectivity index (χ4v) is 3.28. The Kier molecular flexibility index (Phi) is 4.83. The molecule has 5 heteroatoms. The van der Waals surface area contributed by atoms with Crippen molar-refractivity contribution in [1.29, 1.82) is 0 Å². The van der Waals surface area contributed by atoms with Crippen LogP contribution in [-0.2, 0) is 6.42 Å².